The highest BCUT2D eigenvalue weighted by Gasteiger charge is 2.26. The summed E-state index contributed by atoms with van der Waals surface area (Å²) in [7, 11) is 0. The molecular formula is C15H16BrNO4. The number of fused-ring (bicyclic) bond motifs is 1. The van der Waals surface area contributed by atoms with Gasteiger partial charge in [0.2, 0.25) is 0 Å². The van der Waals surface area contributed by atoms with Crippen molar-refractivity contribution in [2.45, 2.75) is 25.8 Å². The molecule has 0 radical (unpaired) electrons. The molecule has 112 valence electrons. The van der Waals surface area contributed by atoms with E-state index < -0.39 is 11.5 Å². The molecule has 0 fully saturated rings. The van der Waals surface area contributed by atoms with E-state index in [0.29, 0.717) is 5.57 Å². The molecular weight excluding hydrogens is 338 g/mol. The Balaban J connectivity index is 2.16. The summed E-state index contributed by atoms with van der Waals surface area (Å²) in [4.78, 5) is 23.0. The second-order valence-electron chi connectivity index (χ2n) is 5.55. The molecule has 0 saturated heterocycles. The van der Waals surface area contributed by atoms with Gasteiger partial charge in [-0.2, -0.15) is 0 Å². The molecule has 0 bridgehead atoms. The Labute approximate surface area is 131 Å². The number of carboxylic acid groups (broad SMARTS) is 1. The van der Waals surface area contributed by atoms with Gasteiger partial charge >= 0.3 is 5.97 Å². The summed E-state index contributed by atoms with van der Waals surface area (Å²) in [6.07, 6.45) is 1.62. The summed E-state index contributed by atoms with van der Waals surface area (Å²) in [5.74, 6) is -0.546. The lowest BCUT2D eigenvalue weighted by Crippen LogP contribution is -2.46. The Morgan fingerprint density at radius 2 is 2.14 bits per heavy atom. The minimum absolute atomic E-state index is 0.144. The van der Waals surface area contributed by atoms with Crippen molar-refractivity contribution >= 4 is 33.9 Å². The maximum atomic E-state index is 12.2. The number of aliphatic carboxylic acids is 1. The van der Waals surface area contributed by atoms with Gasteiger partial charge in [0.25, 0.3) is 5.91 Å². The van der Waals surface area contributed by atoms with E-state index in [1.807, 2.05) is 18.2 Å². The van der Waals surface area contributed by atoms with Gasteiger partial charge in [0, 0.05) is 15.6 Å². The third kappa shape index (κ3) is 4.07. The normalized spacial score (nSPS) is 13.8. The van der Waals surface area contributed by atoms with E-state index in [1.165, 1.54) is 0 Å². The van der Waals surface area contributed by atoms with Crippen molar-refractivity contribution in [1.29, 1.82) is 0 Å². The van der Waals surface area contributed by atoms with Crippen molar-refractivity contribution in [1.82, 2.24) is 5.32 Å². The molecule has 1 aromatic rings. The summed E-state index contributed by atoms with van der Waals surface area (Å²) in [6, 6.07) is 5.57. The van der Waals surface area contributed by atoms with Crippen LogP contribution < -0.4 is 10.1 Å². The minimum atomic E-state index is -0.955. The lowest BCUT2D eigenvalue weighted by molar-refractivity contribution is -0.138. The fraction of sp³-hybridized carbons (Fsp3) is 0.333. The van der Waals surface area contributed by atoms with Crippen LogP contribution in [0.5, 0.6) is 5.75 Å². The zero-order chi connectivity index (χ0) is 15.6. The molecule has 0 saturated carbocycles. The number of amides is 1. The third-order valence-corrected chi connectivity index (χ3v) is 3.51. The quantitative estimate of drug-likeness (QED) is 0.872. The Kier molecular flexibility index (Phi) is 4.37. The van der Waals surface area contributed by atoms with Crippen LogP contribution >= 0.6 is 15.9 Å². The molecule has 5 nitrogen and oxygen atoms in total. The first-order valence-corrected chi connectivity index (χ1v) is 7.23. The monoisotopic (exact) mass is 353 g/mol. The van der Waals surface area contributed by atoms with Gasteiger partial charge < -0.3 is 15.2 Å². The van der Waals surface area contributed by atoms with Crippen molar-refractivity contribution in [3.05, 3.63) is 33.8 Å². The van der Waals surface area contributed by atoms with Gasteiger partial charge in [0.05, 0.1) is 12.0 Å². The largest absolute Gasteiger partial charge is 0.488 e. The molecule has 1 heterocycles. The zero-order valence-corrected chi connectivity index (χ0v) is 13.4. The van der Waals surface area contributed by atoms with Crippen molar-refractivity contribution in [3.8, 4) is 5.75 Å². The Morgan fingerprint density at radius 3 is 2.81 bits per heavy atom. The van der Waals surface area contributed by atoms with E-state index in [1.54, 1.807) is 19.9 Å². The van der Waals surface area contributed by atoms with Crippen LogP contribution in [0.2, 0.25) is 0 Å². The molecule has 1 aromatic carbocycles. The molecule has 0 aromatic heterocycles. The number of rotatable bonds is 4. The number of carbonyl (C=O) groups is 2. The average Bonchev–Trinajstić information content (AvgIpc) is 2.35. The fourth-order valence-corrected chi connectivity index (χ4v) is 2.47. The molecule has 2 N–H and O–H groups in total. The van der Waals surface area contributed by atoms with E-state index in [4.69, 9.17) is 9.84 Å². The summed E-state index contributed by atoms with van der Waals surface area (Å²) in [5.41, 5.74) is 0.470. The van der Waals surface area contributed by atoms with Gasteiger partial charge in [-0.05, 0) is 38.1 Å². The number of hydrogen-bond acceptors (Lipinski definition) is 3. The van der Waals surface area contributed by atoms with E-state index >= 15 is 0 Å². The van der Waals surface area contributed by atoms with Crippen molar-refractivity contribution < 1.29 is 19.4 Å². The van der Waals surface area contributed by atoms with E-state index in [0.717, 1.165) is 15.8 Å². The second kappa shape index (κ2) is 5.89. The Bertz CT molecular complexity index is 622. The highest BCUT2D eigenvalue weighted by atomic mass is 79.9. The molecule has 0 aliphatic carbocycles. The lowest BCUT2D eigenvalue weighted by atomic mass is 9.99. The number of benzene rings is 1. The lowest BCUT2D eigenvalue weighted by Gasteiger charge is -2.26. The molecule has 6 heteroatoms. The summed E-state index contributed by atoms with van der Waals surface area (Å²) < 4.78 is 6.44. The van der Waals surface area contributed by atoms with Crippen LogP contribution in [0, 0.1) is 0 Å². The van der Waals surface area contributed by atoms with Gasteiger partial charge in [-0.15, -0.1) is 0 Å². The summed E-state index contributed by atoms with van der Waals surface area (Å²) >= 11 is 3.37. The van der Waals surface area contributed by atoms with Crippen molar-refractivity contribution in [3.63, 3.8) is 0 Å². The Hall–Kier alpha value is -1.82. The minimum Gasteiger partial charge on any atom is -0.488 e. The molecule has 0 atom stereocenters. The van der Waals surface area contributed by atoms with Gasteiger partial charge in [-0.1, -0.05) is 15.9 Å². The van der Waals surface area contributed by atoms with Crippen molar-refractivity contribution in [2.24, 2.45) is 0 Å². The number of hydrogen-bond donors (Lipinski definition) is 2. The van der Waals surface area contributed by atoms with Crippen LogP contribution in [0.15, 0.2) is 28.2 Å². The zero-order valence-electron chi connectivity index (χ0n) is 11.8. The van der Waals surface area contributed by atoms with Gasteiger partial charge in [0.1, 0.15) is 12.4 Å². The maximum Gasteiger partial charge on any atom is 0.305 e. The molecule has 1 aliphatic rings. The van der Waals surface area contributed by atoms with Crippen LogP contribution in [0.3, 0.4) is 0 Å². The van der Waals surface area contributed by atoms with Crippen LogP contribution in [-0.2, 0) is 9.59 Å². The van der Waals surface area contributed by atoms with E-state index in [9.17, 15) is 9.59 Å². The number of carbonyl (C=O) groups excluding carboxylic acids is 1. The first-order chi connectivity index (χ1) is 9.77. The van der Waals surface area contributed by atoms with Gasteiger partial charge in [-0.25, -0.2) is 0 Å². The SMILES string of the molecule is CC(C)(CC(=O)O)NC(=O)C1=Cc2cc(Br)ccc2OC1. The maximum absolute atomic E-state index is 12.2. The first kappa shape index (κ1) is 15.6. The summed E-state index contributed by atoms with van der Waals surface area (Å²) in [5, 5.41) is 11.6. The second-order valence-corrected chi connectivity index (χ2v) is 6.46. The summed E-state index contributed by atoms with van der Waals surface area (Å²) in [6.45, 7) is 3.52. The van der Waals surface area contributed by atoms with Crippen LogP contribution in [-0.4, -0.2) is 29.1 Å². The average molecular weight is 354 g/mol. The third-order valence-electron chi connectivity index (χ3n) is 3.02. The first-order valence-electron chi connectivity index (χ1n) is 6.44. The van der Waals surface area contributed by atoms with Gasteiger partial charge in [0.15, 0.2) is 0 Å². The van der Waals surface area contributed by atoms with E-state index in [-0.39, 0.29) is 18.9 Å². The molecule has 21 heavy (non-hydrogen) atoms. The van der Waals surface area contributed by atoms with Crippen LogP contribution in [0.4, 0.5) is 0 Å². The molecule has 2 rings (SSSR count). The Morgan fingerprint density at radius 1 is 1.43 bits per heavy atom. The predicted octanol–water partition coefficient (Wildman–Crippen LogP) is 2.59. The van der Waals surface area contributed by atoms with Crippen LogP contribution in [0.1, 0.15) is 25.8 Å². The smallest absolute Gasteiger partial charge is 0.305 e. The molecule has 1 amide bonds. The highest BCUT2D eigenvalue weighted by Crippen LogP contribution is 2.29. The highest BCUT2D eigenvalue weighted by molar-refractivity contribution is 9.10. The standard InChI is InChI=1S/C15H16BrNO4/c1-15(2,7-13(18)19)17-14(20)10-5-9-6-11(16)3-4-12(9)21-8-10/h3-6H,7-8H2,1-2H3,(H,17,20)(H,18,19). The molecule has 1 aliphatic heterocycles. The van der Waals surface area contributed by atoms with Gasteiger partial charge in [-0.3, -0.25) is 9.59 Å². The molecule has 0 spiro atoms. The van der Waals surface area contributed by atoms with Crippen LogP contribution in [0.25, 0.3) is 6.08 Å². The number of halogens is 1. The number of nitrogens with one attached hydrogen (secondary N) is 1. The molecule has 0 unspecified atom stereocenters. The fourth-order valence-electron chi connectivity index (χ4n) is 2.09. The number of carboxylic acids is 1. The number of ether oxygens (including phenoxy) is 1. The predicted molar refractivity (Wildman–Crippen MR) is 82.1 cm³/mol. The van der Waals surface area contributed by atoms with Crippen molar-refractivity contribution in [2.75, 3.05) is 6.61 Å². The topological polar surface area (TPSA) is 75.6 Å². The van der Waals surface area contributed by atoms with E-state index in [2.05, 4.69) is 21.2 Å².